The van der Waals surface area contributed by atoms with E-state index >= 15 is 0 Å². The molecule has 126 valence electrons. The molecule has 1 amide bonds. The first-order valence-electron chi connectivity index (χ1n) is 8.46. The molecule has 1 heterocycles. The van der Waals surface area contributed by atoms with Crippen LogP contribution in [0.15, 0.2) is 24.3 Å². The molecular weight excluding hydrogens is 295 g/mol. The van der Waals surface area contributed by atoms with E-state index in [4.69, 9.17) is 0 Å². The van der Waals surface area contributed by atoms with Crippen molar-refractivity contribution in [3.63, 3.8) is 0 Å². The van der Waals surface area contributed by atoms with Crippen LogP contribution >= 0.6 is 0 Å². The lowest BCUT2D eigenvalue weighted by molar-refractivity contribution is -0.136. The Balaban J connectivity index is 1.58. The molecule has 2 unspecified atom stereocenters. The van der Waals surface area contributed by atoms with Crippen molar-refractivity contribution >= 4 is 5.91 Å². The molecule has 1 saturated carbocycles. The molecule has 1 aromatic rings. The summed E-state index contributed by atoms with van der Waals surface area (Å²) < 4.78 is 13.0. The summed E-state index contributed by atoms with van der Waals surface area (Å²) in [5.74, 6) is 0.227. The normalized spacial score (nSPS) is 23.0. The van der Waals surface area contributed by atoms with Crippen LogP contribution in [0.5, 0.6) is 0 Å². The number of aliphatic hydroxyl groups excluding tert-OH is 1. The van der Waals surface area contributed by atoms with Gasteiger partial charge in [0.25, 0.3) is 0 Å². The number of hydrogen-bond acceptors (Lipinski definition) is 3. The van der Waals surface area contributed by atoms with Gasteiger partial charge in [0.05, 0.1) is 12.1 Å². The van der Waals surface area contributed by atoms with Gasteiger partial charge in [-0.2, -0.15) is 0 Å². The molecular formula is C18H25FN2O2. The molecule has 2 aliphatic rings. The Labute approximate surface area is 136 Å². The largest absolute Gasteiger partial charge is 0.391 e. The minimum absolute atomic E-state index is 0.0873. The number of nitrogens with zero attached hydrogens (tertiary/aromatic N) is 2. The van der Waals surface area contributed by atoms with Crippen molar-refractivity contribution in [1.82, 2.24) is 9.80 Å². The molecule has 1 aliphatic heterocycles. The molecule has 2 atom stereocenters. The number of aliphatic hydroxyl groups is 1. The Morgan fingerprint density at radius 3 is 2.70 bits per heavy atom. The van der Waals surface area contributed by atoms with Gasteiger partial charge in [-0.25, -0.2) is 4.39 Å². The van der Waals surface area contributed by atoms with Gasteiger partial charge in [0.15, 0.2) is 0 Å². The summed E-state index contributed by atoms with van der Waals surface area (Å²) in [7, 11) is 1.78. The molecule has 23 heavy (non-hydrogen) atoms. The van der Waals surface area contributed by atoms with E-state index in [2.05, 4.69) is 4.90 Å². The molecule has 4 nitrogen and oxygen atoms in total. The molecule has 0 radical (unpaired) electrons. The van der Waals surface area contributed by atoms with Crippen LogP contribution in [0.25, 0.3) is 0 Å². The number of halogens is 1. The lowest BCUT2D eigenvalue weighted by Gasteiger charge is -2.29. The Bertz CT molecular complexity index is 544. The maximum Gasteiger partial charge on any atom is 0.239 e. The van der Waals surface area contributed by atoms with Crippen molar-refractivity contribution in [1.29, 1.82) is 0 Å². The predicted octanol–water partition coefficient (Wildman–Crippen LogP) is 2.02. The summed E-state index contributed by atoms with van der Waals surface area (Å²) in [5, 5.41) is 10.0. The van der Waals surface area contributed by atoms with Crippen molar-refractivity contribution in [2.24, 2.45) is 5.92 Å². The zero-order chi connectivity index (χ0) is 16.4. The summed E-state index contributed by atoms with van der Waals surface area (Å²) in [6.07, 6.45) is 3.60. The Morgan fingerprint density at radius 2 is 2.04 bits per heavy atom. The maximum absolute atomic E-state index is 13.0. The number of carbonyl (C=O) groups is 1. The third-order valence-corrected chi connectivity index (χ3v) is 4.95. The van der Waals surface area contributed by atoms with Crippen molar-refractivity contribution in [3.8, 4) is 0 Å². The second-order valence-electron chi connectivity index (χ2n) is 6.88. The number of likely N-dealkylation sites (N-methyl/N-ethyl adjacent to an activating group) is 1. The first kappa shape index (κ1) is 16.4. The fourth-order valence-electron chi connectivity index (χ4n) is 3.37. The third kappa shape index (κ3) is 4.09. The van der Waals surface area contributed by atoms with Gasteiger partial charge in [-0.1, -0.05) is 12.1 Å². The quantitative estimate of drug-likeness (QED) is 0.872. The molecule has 2 fully saturated rings. The molecule has 1 aliphatic carbocycles. The van der Waals surface area contributed by atoms with Crippen LogP contribution < -0.4 is 0 Å². The predicted molar refractivity (Wildman–Crippen MR) is 86.2 cm³/mol. The Hall–Kier alpha value is -1.46. The maximum atomic E-state index is 13.0. The molecule has 5 heteroatoms. The molecule has 0 spiro atoms. The van der Waals surface area contributed by atoms with E-state index < -0.39 is 6.10 Å². The molecule has 1 saturated heterocycles. The lowest BCUT2D eigenvalue weighted by Crippen LogP contribution is -2.46. The summed E-state index contributed by atoms with van der Waals surface area (Å²) in [6.45, 7) is 1.97. The van der Waals surface area contributed by atoms with Crippen LogP contribution in [0.2, 0.25) is 0 Å². The summed E-state index contributed by atoms with van der Waals surface area (Å²) in [4.78, 5) is 16.5. The van der Waals surface area contributed by atoms with Crippen LogP contribution in [0.1, 0.15) is 31.2 Å². The number of benzene rings is 1. The monoisotopic (exact) mass is 320 g/mol. The Morgan fingerprint density at radius 1 is 1.35 bits per heavy atom. The fourth-order valence-corrected chi connectivity index (χ4v) is 3.37. The number of hydrogen-bond donors (Lipinski definition) is 1. The van der Waals surface area contributed by atoms with E-state index in [0.29, 0.717) is 19.0 Å². The van der Waals surface area contributed by atoms with Crippen LogP contribution in [0.3, 0.4) is 0 Å². The fraction of sp³-hybridized carbons (Fsp3) is 0.611. The van der Waals surface area contributed by atoms with E-state index in [-0.39, 0.29) is 17.8 Å². The van der Waals surface area contributed by atoms with Crippen molar-refractivity contribution in [2.45, 2.75) is 44.4 Å². The average molecular weight is 320 g/mol. The molecule has 3 rings (SSSR count). The van der Waals surface area contributed by atoms with Gasteiger partial charge in [-0.3, -0.25) is 9.69 Å². The molecule has 0 bridgehead atoms. The number of rotatable bonds is 6. The van der Waals surface area contributed by atoms with Gasteiger partial charge >= 0.3 is 0 Å². The first-order valence-corrected chi connectivity index (χ1v) is 8.46. The summed E-state index contributed by atoms with van der Waals surface area (Å²) in [5.41, 5.74) is 1.02. The third-order valence-electron chi connectivity index (χ3n) is 4.95. The van der Waals surface area contributed by atoms with Gasteiger partial charge < -0.3 is 10.0 Å². The van der Waals surface area contributed by atoms with E-state index in [1.54, 1.807) is 24.1 Å². The van der Waals surface area contributed by atoms with Gasteiger partial charge in [0.1, 0.15) is 5.82 Å². The zero-order valence-corrected chi connectivity index (χ0v) is 13.6. The highest BCUT2D eigenvalue weighted by Gasteiger charge is 2.35. The Kier molecular flexibility index (Phi) is 4.97. The van der Waals surface area contributed by atoms with Gasteiger partial charge in [0.2, 0.25) is 5.91 Å². The second kappa shape index (κ2) is 6.97. The van der Waals surface area contributed by atoms with Crippen LogP contribution in [-0.2, 0) is 11.3 Å². The minimum Gasteiger partial charge on any atom is -0.391 e. The molecule has 1 aromatic carbocycles. The van der Waals surface area contributed by atoms with Crippen molar-refractivity contribution < 1.29 is 14.3 Å². The number of likely N-dealkylation sites (tertiary alicyclic amines) is 1. The van der Waals surface area contributed by atoms with Crippen LogP contribution in [0.4, 0.5) is 4.39 Å². The lowest BCUT2D eigenvalue weighted by atomic mass is 10.1. The zero-order valence-electron chi connectivity index (χ0n) is 13.6. The van der Waals surface area contributed by atoms with Crippen molar-refractivity contribution in [2.75, 3.05) is 20.1 Å². The molecule has 0 aromatic heterocycles. The average Bonchev–Trinajstić information content (AvgIpc) is 3.29. The van der Waals surface area contributed by atoms with Crippen molar-refractivity contribution in [3.05, 3.63) is 35.6 Å². The smallest absolute Gasteiger partial charge is 0.239 e. The van der Waals surface area contributed by atoms with Gasteiger partial charge in [0, 0.05) is 20.1 Å². The summed E-state index contributed by atoms with van der Waals surface area (Å²) >= 11 is 0. The number of carbonyl (C=O) groups excluding carboxylic acids is 1. The highest BCUT2D eigenvalue weighted by Crippen LogP contribution is 2.33. The van der Waals surface area contributed by atoms with E-state index in [1.807, 2.05) is 0 Å². The number of amides is 1. The second-order valence-corrected chi connectivity index (χ2v) is 6.88. The van der Waals surface area contributed by atoms with Gasteiger partial charge in [-0.05, 0) is 55.8 Å². The minimum atomic E-state index is -0.393. The highest BCUT2D eigenvalue weighted by atomic mass is 19.1. The highest BCUT2D eigenvalue weighted by molar-refractivity contribution is 5.82. The first-order chi connectivity index (χ1) is 11.0. The standard InChI is InChI=1S/C18H25FN2O2/c1-20(12-17(22)14-6-7-14)18(23)16-3-2-10-21(16)11-13-4-8-15(19)9-5-13/h4-5,8-9,14,16-17,22H,2-3,6-7,10-12H2,1H3. The van der Waals surface area contributed by atoms with E-state index in [1.165, 1.54) is 12.1 Å². The summed E-state index contributed by atoms with van der Waals surface area (Å²) in [6, 6.07) is 6.34. The van der Waals surface area contributed by atoms with E-state index in [0.717, 1.165) is 37.8 Å². The van der Waals surface area contributed by atoms with Crippen LogP contribution in [0, 0.1) is 11.7 Å². The SMILES string of the molecule is CN(CC(O)C1CC1)C(=O)C1CCCN1Cc1ccc(F)cc1. The topological polar surface area (TPSA) is 43.8 Å². The van der Waals surface area contributed by atoms with E-state index in [9.17, 15) is 14.3 Å². The molecule has 1 N–H and O–H groups in total. The van der Waals surface area contributed by atoms with Crippen LogP contribution in [-0.4, -0.2) is 53.1 Å². The van der Waals surface area contributed by atoms with Gasteiger partial charge in [-0.15, -0.1) is 0 Å².